The van der Waals surface area contributed by atoms with Crippen molar-refractivity contribution in [1.82, 2.24) is 0 Å². The molecule has 70 valence electrons. The standard InChI is InChI=1S/C10H13NO2/c1-3-8(12)7-5-4-6-9(13-2)10(7)11/h4-6H,3,11H2,1-2H3. The molecule has 0 saturated carbocycles. The van der Waals surface area contributed by atoms with Gasteiger partial charge in [-0.2, -0.15) is 0 Å². The summed E-state index contributed by atoms with van der Waals surface area (Å²) in [5.74, 6) is 0.593. The van der Waals surface area contributed by atoms with Crippen LogP contribution in [0.1, 0.15) is 23.7 Å². The van der Waals surface area contributed by atoms with Crippen LogP contribution >= 0.6 is 0 Å². The van der Waals surface area contributed by atoms with E-state index in [9.17, 15) is 4.79 Å². The molecule has 0 saturated heterocycles. The first kappa shape index (κ1) is 9.58. The Morgan fingerprint density at radius 2 is 2.23 bits per heavy atom. The van der Waals surface area contributed by atoms with Crippen LogP contribution in [0.2, 0.25) is 0 Å². The highest BCUT2D eigenvalue weighted by molar-refractivity contribution is 6.01. The minimum absolute atomic E-state index is 0.0383. The van der Waals surface area contributed by atoms with E-state index in [1.807, 2.05) is 0 Å². The van der Waals surface area contributed by atoms with Gasteiger partial charge in [0.1, 0.15) is 5.75 Å². The zero-order valence-electron chi connectivity index (χ0n) is 7.83. The van der Waals surface area contributed by atoms with Crippen LogP contribution in [0.3, 0.4) is 0 Å². The minimum atomic E-state index is 0.0383. The molecule has 0 radical (unpaired) electrons. The summed E-state index contributed by atoms with van der Waals surface area (Å²) in [6.07, 6.45) is 0.456. The molecular formula is C10H13NO2. The van der Waals surface area contributed by atoms with Crippen LogP contribution in [0.15, 0.2) is 18.2 Å². The predicted octanol–water partition coefficient (Wildman–Crippen LogP) is 1.87. The zero-order chi connectivity index (χ0) is 9.84. The Bertz CT molecular complexity index is 321. The third-order valence-corrected chi connectivity index (χ3v) is 1.91. The minimum Gasteiger partial charge on any atom is -0.495 e. The summed E-state index contributed by atoms with van der Waals surface area (Å²) in [5.41, 5.74) is 6.70. The van der Waals surface area contributed by atoms with Crippen molar-refractivity contribution in [3.8, 4) is 5.75 Å². The molecule has 2 N–H and O–H groups in total. The Hall–Kier alpha value is -1.51. The molecule has 0 atom stereocenters. The number of anilines is 1. The summed E-state index contributed by atoms with van der Waals surface area (Å²) in [6.45, 7) is 1.81. The molecule has 13 heavy (non-hydrogen) atoms. The number of nitrogens with two attached hydrogens (primary N) is 1. The number of methoxy groups -OCH3 is 1. The van der Waals surface area contributed by atoms with E-state index in [0.717, 1.165) is 0 Å². The highest BCUT2D eigenvalue weighted by atomic mass is 16.5. The second kappa shape index (κ2) is 3.94. The maximum absolute atomic E-state index is 11.4. The van der Waals surface area contributed by atoms with Crippen molar-refractivity contribution in [2.45, 2.75) is 13.3 Å². The van der Waals surface area contributed by atoms with Crippen LogP contribution < -0.4 is 10.5 Å². The molecule has 3 heteroatoms. The molecule has 0 aliphatic heterocycles. The van der Waals surface area contributed by atoms with Crippen molar-refractivity contribution in [2.75, 3.05) is 12.8 Å². The number of hydrogen-bond acceptors (Lipinski definition) is 3. The normalized spacial score (nSPS) is 9.69. The lowest BCUT2D eigenvalue weighted by molar-refractivity contribution is 0.0989. The first-order valence-electron chi connectivity index (χ1n) is 4.16. The number of rotatable bonds is 3. The maximum atomic E-state index is 11.4. The van der Waals surface area contributed by atoms with Crippen molar-refractivity contribution >= 4 is 11.5 Å². The number of hydrogen-bond donors (Lipinski definition) is 1. The molecular weight excluding hydrogens is 166 g/mol. The van der Waals surface area contributed by atoms with Crippen LogP contribution in [-0.2, 0) is 0 Å². The highest BCUT2D eigenvalue weighted by Gasteiger charge is 2.10. The Kier molecular flexibility index (Phi) is 2.90. The fourth-order valence-electron chi connectivity index (χ4n) is 1.16. The third-order valence-electron chi connectivity index (χ3n) is 1.91. The van der Waals surface area contributed by atoms with E-state index in [-0.39, 0.29) is 5.78 Å². The van der Waals surface area contributed by atoms with Gasteiger partial charge in [-0.15, -0.1) is 0 Å². The van der Waals surface area contributed by atoms with Gasteiger partial charge in [0, 0.05) is 12.0 Å². The van der Waals surface area contributed by atoms with Crippen LogP contribution in [0.4, 0.5) is 5.69 Å². The first-order chi connectivity index (χ1) is 6.20. The lowest BCUT2D eigenvalue weighted by Crippen LogP contribution is -2.03. The summed E-state index contributed by atoms with van der Waals surface area (Å²) in [5, 5.41) is 0. The van der Waals surface area contributed by atoms with Gasteiger partial charge in [-0.1, -0.05) is 13.0 Å². The molecule has 0 spiro atoms. The Labute approximate surface area is 77.5 Å². The maximum Gasteiger partial charge on any atom is 0.164 e. The second-order valence-electron chi connectivity index (χ2n) is 2.70. The molecule has 1 aromatic carbocycles. The summed E-state index contributed by atoms with van der Waals surface area (Å²) in [7, 11) is 1.53. The van der Waals surface area contributed by atoms with Gasteiger partial charge in [0.05, 0.1) is 12.8 Å². The number of carbonyl (C=O) groups is 1. The van der Waals surface area contributed by atoms with Gasteiger partial charge in [-0.3, -0.25) is 4.79 Å². The molecule has 1 rings (SSSR count). The van der Waals surface area contributed by atoms with E-state index in [0.29, 0.717) is 23.4 Å². The van der Waals surface area contributed by atoms with Gasteiger partial charge in [0.25, 0.3) is 0 Å². The molecule has 1 aromatic rings. The Balaban J connectivity index is 3.15. The average Bonchev–Trinajstić information content (AvgIpc) is 2.17. The summed E-state index contributed by atoms with van der Waals surface area (Å²) in [4.78, 5) is 11.4. The monoisotopic (exact) mass is 179 g/mol. The molecule has 0 aromatic heterocycles. The largest absolute Gasteiger partial charge is 0.495 e. The number of nitrogen functional groups attached to an aromatic ring is 1. The van der Waals surface area contributed by atoms with Crippen LogP contribution in [-0.4, -0.2) is 12.9 Å². The molecule has 0 aliphatic rings. The second-order valence-corrected chi connectivity index (χ2v) is 2.70. The van der Waals surface area contributed by atoms with Crippen molar-refractivity contribution < 1.29 is 9.53 Å². The van der Waals surface area contributed by atoms with Crippen LogP contribution in [0.5, 0.6) is 5.75 Å². The highest BCUT2D eigenvalue weighted by Crippen LogP contribution is 2.25. The fraction of sp³-hybridized carbons (Fsp3) is 0.300. The summed E-state index contributed by atoms with van der Waals surface area (Å²) >= 11 is 0. The Morgan fingerprint density at radius 1 is 1.54 bits per heavy atom. The lowest BCUT2D eigenvalue weighted by atomic mass is 10.1. The van der Waals surface area contributed by atoms with E-state index in [1.165, 1.54) is 7.11 Å². The van der Waals surface area contributed by atoms with Gasteiger partial charge in [-0.05, 0) is 12.1 Å². The number of ketones is 1. The van der Waals surface area contributed by atoms with Gasteiger partial charge < -0.3 is 10.5 Å². The number of benzene rings is 1. The van der Waals surface area contributed by atoms with Crippen LogP contribution in [0, 0.1) is 0 Å². The van der Waals surface area contributed by atoms with E-state index >= 15 is 0 Å². The van der Waals surface area contributed by atoms with Crippen molar-refractivity contribution in [3.05, 3.63) is 23.8 Å². The summed E-state index contributed by atoms with van der Waals surface area (Å²) < 4.78 is 5.00. The van der Waals surface area contributed by atoms with Crippen molar-refractivity contribution in [3.63, 3.8) is 0 Å². The number of ether oxygens (including phenoxy) is 1. The zero-order valence-corrected chi connectivity index (χ0v) is 7.83. The first-order valence-corrected chi connectivity index (χ1v) is 4.16. The van der Waals surface area contributed by atoms with Gasteiger partial charge in [0.2, 0.25) is 0 Å². The van der Waals surface area contributed by atoms with Crippen LogP contribution in [0.25, 0.3) is 0 Å². The van der Waals surface area contributed by atoms with E-state index < -0.39 is 0 Å². The number of carbonyl (C=O) groups excluding carboxylic acids is 1. The molecule has 0 heterocycles. The Morgan fingerprint density at radius 3 is 2.77 bits per heavy atom. The number of Topliss-reactive ketones (excluding diaryl/α,β-unsaturated/α-hetero) is 1. The third kappa shape index (κ3) is 1.80. The molecule has 0 aliphatic carbocycles. The summed E-state index contributed by atoms with van der Waals surface area (Å²) in [6, 6.07) is 5.21. The smallest absolute Gasteiger partial charge is 0.164 e. The van der Waals surface area contributed by atoms with Crippen molar-refractivity contribution in [2.24, 2.45) is 0 Å². The number of para-hydroxylation sites is 1. The molecule has 3 nitrogen and oxygen atoms in total. The van der Waals surface area contributed by atoms with E-state index in [1.54, 1.807) is 25.1 Å². The van der Waals surface area contributed by atoms with Gasteiger partial charge in [-0.25, -0.2) is 0 Å². The molecule has 0 bridgehead atoms. The van der Waals surface area contributed by atoms with Gasteiger partial charge in [0.15, 0.2) is 5.78 Å². The lowest BCUT2D eigenvalue weighted by Gasteiger charge is -2.07. The average molecular weight is 179 g/mol. The predicted molar refractivity (Wildman–Crippen MR) is 52.0 cm³/mol. The van der Waals surface area contributed by atoms with E-state index in [2.05, 4.69) is 0 Å². The SMILES string of the molecule is CCC(=O)c1cccc(OC)c1N. The topological polar surface area (TPSA) is 52.3 Å². The fourth-order valence-corrected chi connectivity index (χ4v) is 1.16. The quantitative estimate of drug-likeness (QED) is 0.569. The van der Waals surface area contributed by atoms with E-state index in [4.69, 9.17) is 10.5 Å². The molecule has 0 unspecified atom stereocenters. The molecule has 0 fully saturated rings. The van der Waals surface area contributed by atoms with Gasteiger partial charge >= 0.3 is 0 Å². The molecule has 0 amide bonds. The van der Waals surface area contributed by atoms with Crippen molar-refractivity contribution in [1.29, 1.82) is 0 Å².